The average Bonchev–Trinajstić information content (AvgIpc) is 3.19. The van der Waals surface area contributed by atoms with Crippen LogP contribution < -0.4 is 29.1 Å². The Kier molecular flexibility index (Phi) is 8.27. The third kappa shape index (κ3) is 5.08. The molecule has 38 heavy (non-hydrogen) atoms. The normalized spacial score (nSPS) is 15.1. The molecule has 0 fully saturated rings. The molecule has 0 aliphatic carbocycles. The van der Waals surface area contributed by atoms with Gasteiger partial charge in [0.1, 0.15) is 0 Å². The molecule has 0 saturated carbocycles. The first-order valence-electron chi connectivity index (χ1n) is 11.8. The fourth-order valence-electron chi connectivity index (χ4n) is 4.21. The van der Waals surface area contributed by atoms with Gasteiger partial charge in [-0.15, -0.1) is 0 Å². The van der Waals surface area contributed by atoms with E-state index in [1.807, 2.05) is 6.92 Å². The lowest BCUT2D eigenvalue weighted by molar-refractivity contribution is -0.139. The van der Waals surface area contributed by atoms with Gasteiger partial charge in [0.15, 0.2) is 27.8 Å². The van der Waals surface area contributed by atoms with Gasteiger partial charge in [-0.2, -0.15) is 0 Å². The van der Waals surface area contributed by atoms with Crippen molar-refractivity contribution < 1.29 is 28.8 Å². The number of halogens is 1. The van der Waals surface area contributed by atoms with Crippen molar-refractivity contribution in [3.05, 3.63) is 76.9 Å². The molecule has 0 unspecified atom stereocenters. The molecule has 11 heteroatoms. The number of allylic oxidation sites excluding steroid dienone is 1. The second kappa shape index (κ2) is 11.4. The number of phenolic OH excluding ortho intramolecular Hbond substituents is 1. The highest BCUT2D eigenvalue weighted by atomic mass is 79.9. The molecule has 0 saturated heterocycles. The van der Waals surface area contributed by atoms with Gasteiger partial charge in [0.05, 0.1) is 49.3 Å². The molecule has 9 nitrogen and oxygen atoms in total. The van der Waals surface area contributed by atoms with Crippen LogP contribution in [-0.4, -0.2) is 43.1 Å². The van der Waals surface area contributed by atoms with E-state index in [4.69, 9.17) is 18.9 Å². The van der Waals surface area contributed by atoms with Crippen LogP contribution in [0.3, 0.4) is 0 Å². The number of methoxy groups -OCH3 is 2. The molecule has 0 spiro atoms. The summed E-state index contributed by atoms with van der Waals surface area (Å²) in [6.07, 6.45) is 1.70. The van der Waals surface area contributed by atoms with Gasteiger partial charge >= 0.3 is 5.97 Å². The van der Waals surface area contributed by atoms with Crippen LogP contribution in [0.5, 0.6) is 23.0 Å². The summed E-state index contributed by atoms with van der Waals surface area (Å²) in [6.45, 7) is 5.82. The summed E-state index contributed by atoms with van der Waals surface area (Å²) >= 11 is 4.79. The maximum absolute atomic E-state index is 13.9. The van der Waals surface area contributed by atoms with Crippen LogP contribution in [0.1, 0.15) is 37.9 Å². The lowest BCUT2D eigenvalue weighted by atomic mass is 9.95. The van der Waals surface area contributed by atoms with E-state index < -0.39 is 12.0 Å². The molecule has 1 aliphatic heterocycles. The minimum Gasteiger partial charge on any atom is -0.504 e. The first-order chi connectivity index (χ1) is 18.2. The SMILES string of the molecule is CCOC(=O)C1=C(C)N=c2s/c(=C\c3ccc(O)c(OCC)c3)c(=O)n2[C@H]1c1cc(OC)c(OC)cc1Br. The van der Waals surface area contributed by atoms with Gasteiger partial charge < -0.3 is 24.1 Å². The minimum atomic E-state index is -0.833. The molecule has 4 rings (SSSR count). The summed E-state index contributed by atoms with van der Waals surface area (Å²) in [6, 6.07) is 7.49. The summed E-state index contributed by atoms with van der Waals surface area (Å²) in [7, 11) is 3.05. The van der Waals surface area contributed by atoms with Crippen LogP contribution in [0.15, 0.2) is 55.9 Å². The first-order valence-corrected chi connectivity index (χ1v) is 13.4. The summed E-state index contributed by atoms with van der Waals surface area (Å²) < 4.78 is 24.3. The molecule has 1 atom stereocenters. The van der Waals surface area contributed by atoms with Crippen molar-refractivity contribution in [2.75, 3.05) is 27.4 Å². The minimum absolute atomic E-state index is 0.0125. The Morgan fingerprint density at radius 3 is 2.50 bits per heavy atom. The number of fused-ring (bicyclic) bond motifs is 1. The number of ether oxygens (including phenoxy) is 4. The van der Waals surface area contributed by atoms with E-state index in [-0.39, 0.29) is 23.5 Å². The molecule has 0 radical (unpaired) electrons. The Morgan fingerprint density at radius 2 is 1.84 bits per heavy atom. The van der Waals surface area contributed by atoms with E-state index in [1.54, 1.807) is 44.2 Å². The van der Waals surface area contributed by atoms with Gasteiger partial charge in [0.25, 0.3) is 5.56 Å². The zero-order valence-corrected chi connectivity index (χ0v) is 23.9. The van der Waals surface area contributed by atoms with Crippen LogP contribution in [0, 0.1) is 0 Å². The lowest BCUT2D eigenvalue weighted by Crippen LogP contribution is -2.40. The molecule has 0 bridgehead atoms. The Hall–Kier alpha value is -3.57. The molecule has 2 heterocycles. The van der Waals surface area contributed by atoms with Crippen molar-refractivity contribution >= 4 is 39.3 Å². The summed E-state index contributed by atoms with van der Waals surface area (Å²) in [5, 5.41) is 10.1. The number of aromatic nitrogens is 1. The zero-order chi connectivity index (χ0) is 27.6. The third-order valence-electron chi connectivity index (χ3n) is 5.90. The molecule has 3 aromatic rings. The molecular weight excluding hydrogens is 576 g/mol. The van der Waals surface area contributed by atoms with E-state index in [0.29, 0.717) is 54.5 Å². The van der Waals surface area contributed by atoms with E-state index in [2.05, 4.69) is 20.9 Å². The number of hydrogen-bond donors (Lipinski definition) is 1. The number of thiazole rings is 1. The van der Waals surface area contributed by atoms with Crippen LogP contribution in [0.2, 0.25) is 0 Å². The number of phenols is 1. The fourth-order valence-corrected chi connectivity index (χ4v) is 5.79. The maximum atomic E-state index is 13.9. The molecule has 1 aromatic heterocycles. The van der Waals surface area contributed by atoms with E-state index in [0.717, 1.165) is 0 Å². The van der Waals surface area contributed by atoms with Crippen LogP contribution in [-0.2, 0) is 9.53 Å². The Morgan fingerprint density at radius 1 is 1.13 bits per heavy atom. The van der Waals surface area contributed by atoms with Crippen LogP contribution in [0.4, 0.5) is 0 Å². The molecule has 1 N–H and O–H groups in total. The number of rotatable bonds is 8. The molecule has 2 aromatic carbocycles. The predicted molar refractivity (Wildman–Crippen MR) is 147 cm³/mol. The highest BCUT2D eigenvalue weighted by molar-refractivity contribution is 9.10. The van der Waals surface area contributed by atoms with Gasteiger partial charge in [-0.3, -0.25) is 9.36 Å². The first kappa shape index (κ1) is 27.5. The Bertz CT molecular complexity index is 1610. The van der Waals surface area contributed by atoms with Gasteiger partial charge in [0, 0.05) is 4.47 Å². The predicted octanol–water partition coefficient (Wildman–Crippen LogP) is 3.68. The molecule has 200 valence electrons. The maximum Gasteiger partial charge on any atom is 0.338 e. The largest absolute Gasteiger partial charge is 0.504 e. The highest BCUT2D eigenvalue weighted by Gasteiger charge is 2.35. The number of hydrogen-bond acceptors (Lipinski definition) is 9. The number of benzene rings is 2. The Labute approximate surface area is 231 Å². The molecule has 0 amide bonds. The summed E-state index contributed by atoms with van der Waals surface area (Å²) in [4.78, 5) is 32.1. The second-order valence-electron chi connectivity index (χ2n) is 8.19. The molecular formula is C27H27BrN2O7S. The number of nitrogens with zero attached hydrogens (tertiary/aromatic N) is 2. The summed E-state index contributed by atoms with van der Waals surface area (Å²) in [5.74, 6) is 0.708. The summed E-state index contributed by atoms with van der Waals surface area (Å²) in [5.41, 5.74) is 1.64. The fraction of sp³-hybridized carbons (Fsp3) is 0.296. The lowest BCUT2D eigenvalue weighted by Gasteiger charge is -2.26. The standard InChI is InChI=1S/C27H27BrN2O7S/c1-6-36-19-10-15(8-9-18(19)31)11-22-25(32)30-24(16-12-20(34-4)21(35-5)13-17(16)28)23(26(33)37-7-2)14(3)29-27(30)38-22/h8-13,24,31H,6-7H2,1-5H3/b22-11-/t24-/m0/s1. The van der Waals surface area contributed by atoms with Crippen molar-refractivity contribution in [3.8, 4) is 23.0 Å². The topological polar surface area (TPSA) is 109 Å². The van der Waals surface area contributed by atoms with Crippen LogP contribution >= 0.6 is 27.3 Å². The van der Waals surface area contributed by atoms with Crippen molar-refractivity contribution in [1.82, 2.24) is 4.57 Å². The van der Waals surface area contributed by atoms with Gasteiger partial charge in [-0.05, 0) is 62.2 Å². The van der Waals surface area contributed by atoms with Gasteiger partial charge in [-0.25, -0.2) is 9.79 Å². The van der Waals surface area contributed by atoms with Crippen LogP contribution in [0.25, 0.3) is 6.08 Å². The average molecular weight is 603 g/mol. The second-order valence-corrected chi connectivity index (χ2v) is 10.1. The number of carbonyl (C=O) groups is 1. The van der Waals surface area contributed by atoms with Crippen molar-refractivity contribution in [3.63, 3.8) is 0 Å². The highest BCUT2D eigenvalue weighted by Crippen LogP contribution is 2.40. The van der Waals surface area contributed by atoms with E-state index in [9.17, 15) is 14.7 Å². The number of carbonyl (C=O) groups excluding carboxylic acids is 1. The number of esters is 1. The van der Waals surface area contributed by atoms with E-state index in [1.165, 1.54) is 36.2 Å². The van der Waals surface area contributed by atoms with Crippen molar-refractivity contribution in [2.45, 2.75) is 26.8 Å². The molecule has 1 aliphatic rings. The monoisotopic (exact) mass is 602 g/mol. The van der Waals surface area contributed by atoms with Crippen molar-refractivity contribution in [2.24, 2.45) is 4.99 Å². The third-order valence-corrected chi connectivity index (χ3v) is 7.57. The quantitative estimate of drug-likeness (QED) is 0.392. The Balaban J connectivity index is 1.98. The van der Waals surface area contributed by atoms with Gasteiger partial charge in [-0.1, -0.05) is 33.3 Å². The number of aromatic hydroxyl groups is 1. The van der Waals surface area contributed by atoms with E-state index >= 15 is 0 Å². The van der Waals surface area contributed by atoms with Gasteiger partial charge in [0.2, 0.25) is 0 Å². The zero-order valence-electron chi connectivity index (χ0n) is 21.5. The van der Waals surface area contributed by atoms with Crippen molar-refractivity contribution in [1.29, 1.82) is 0 Å². The smallest absolute Gasteiger partial charge is 0.338 e.